The van der Waals surface area contributed by atoms with Crippen LogP contribution in [0.2, 0.25) is 0 Å². The lowest BCUT2D eigenvalue weighted by molar-refractivity contribution is -0.145. The molecule has 1 unspecified atom stereocenters. The van der Waals surface area contributed by atoms with Gasteiger partial charge in [0.2, 0.25) is 0 Å². The van der Waals surface area contributed by atoms with Crippen molar-refractivity contribution in [1.29, 1.82) is 0 Å². The van der Waals surface area contributed by atoms with Crippen LogP contribution in [0.3, 0.4) is 0 Å². The molecular weight excluding hydrogens is 256 g/mol. The van der Waals surface area contributed by atoms with Crippen molar-refractivity contribution >= 4 is 5.97 Å². The monoisotopic (exact) mass is 286 g/mol. The van der Waals surface area contributed by atoms with Crippen LogP contribution in [-0.4, -0.2) is 73.9 Å². The van der Waals surface area contributed by atoms with Gasteiger partial charge in [-0.1, -0.05) is 6.92 Å². The largest absolute Gasteiger partial charge is 0.465 e. The molecule has 0 aromatic rings. The van der Waals surface area contributed by atoms with Gasteiger partial charge in [-0.25, -0.2) is 0 Å². The Morgan fingerprint density at radius 1 is 1.45 bits per heavy atom. The van der Waals surface area contributed by atoms with Crippen molar-refractivity contribution in [2.75, 3.05) is 45.9 Å². The molecule has 20 heavy (non-hydrogen) atoms. The Morgan fingerprint density at radius 2 is 2.20 bits per heavy atom. The van der Waals surface area contributed by atoms with Crippen LogP contribution in [-0.2, 0) is 14.3 Å². The molecule has 1 aliphatic rings. The minimum absolute atomic E-state index is 0.141. The molecule has 0 saturated carbocycles. The quantitative estimate of drug-likeness (QED) is 0.631. The fourth-order valence-corrected chi connectivity index (χ4v) is 2.55. The van der Waals surface area contributed by atoms with Crippen LogP contribution < -0.4 is 0 Å². The second kappa shape index (κ2) is 9.32. The van der Waals surface area contributed by atoms with Crippen molar-refractivity contribution in [3.8, 4) is 0 Å². The van der Waals surface area contributed by atoms with Gasteiger partial charge in [0.05, 0.1) is 25.9 Å². The fraction of sp³-hybridized carbons (Fsp3) is 0.933. The molecule has 0 bridgehead atoms. The van der Waals surface area contributed by atoms with Crippen molar-refractivity contribution < 1.29 is 14.3 Å². The Hall–Kier alpha value is -0.650. The number of hydrogen-bond donors (Lipinski definition) is 0. The molecule has 1 atom stereocenters. The summed E-state index contributed by atoms with van der Waals surface area (Å²) in [7, 11) is 0. The third-order valence-electron chi connectivity index (χ3n) is 3.56. The zero-order valence-electron chi connectivity index (χ0n) is 13.4. The molecule has 1 saturated heterocycles. The number of morpholine rings is 1. The lowest BCUT2D eigenvalue weighted by atomic mass is 10.2. The standard InChI is InChI=1S/C15H30N2O3/c1-5-7-16(12-15(18)19-6-2)10-14-11-17(13(3)4)8-9-20-14/h13-14H,5-12H2,1-4H3. The number of nitrogens with zero attached hydrogens (tertiary/aromatic N) is 2. The molecule has 0 aromatic heterocycles. The molecule has 0 amide bonds. The average molecular weight is 286 g/mol. The van der Waals surface area contributed by atoms with E-state index in [9.17, 15) is 4.79 Å². The highest BCUT2D eigenvalue weighted by molar-refractivity contribution is 5.71. The van der Waals surface area contributed by atoms with E-state index in [0.717, 1.165) is 39.2 Å². The summed E-state index contributed by atoms with van der Waals surface area (Å²) >= 11 is 0. The van der Waals surface area contributed by atoms with Gasteiger partial charge in [0.1, 0.15) is 0 Å². The zero-order chi connectivity index (χ0) is 15.0. The molecule has 1 fully saturated rings. The van der Waals surface area contributed by atoms with Gasteiger partial charge in [-0.05, 0) is 33.7 Å². The van der Waals surface area contributed by atoms with Crippen molar-refractivity contribution in [3.05, 3.63) is 0 Å². The van der Waals surface area contributed by atoms with E-state index in [4.69, 9.17) is 9.47 Å². The fourth-order valence-electron chi connectivity index (χ4n) is 2.55. The third kappa shape index (κ3) is 6.20. The molecule has 5 heteroatoms. The van der Waals surface area contributed by atoms with E-state index in [0.29, 0.717) is 19.2 Å². The summed E-state index contributed by atoms with van der Waals surface area (Å²) < 4.78 is 10.9. The average Bonchev–Trinajstić information content (AvgIpc) is 2.39. The van der Waals surface area contributed by atoms with Gasteiger partial charge in [-0.15, -0.1) is 0 Å². The maximum absolute atomic E-state index is 11.6. The first-order chi connectivity index (χ1) is 9.56. The molecule has 1 rings (SSSR count). The molecule has 1 heterocycles. The maximum atomic E-state index is 11.6. The first kappa shape index (κ1) is 17.4. The first-order valence-electron chi connectivity index (χ1n) is 7.80. The van der Waals surface area contributed by atoms with Crippen LogP contribution in [0.25, 0.3) is 0 Å². The lowest BCUT2D eigenvalue weighted by Crippen LogP contribution is -2.50. The second-order valence-electron chi connectivity index (χ2n) is 5.62. The van der Waals surface area contributed by atoms with Crippen molar-refractivity contribution in [3.63, 3.8) is 0 Å². The lowest BCUT2D eigenvalue weighted by Gasteiger charge is -2.37. The van der Waals surface area contributed by atoms with E-state index in [-0.39, 0.29) is 12.1 Å². The van der Waals surface area contributed by atoms with Gasteiger partial charge >= 0.3 is 5.97 Å². The normalized spacial score (nSPS) is 20.6. The van der Waals surface area contributed by atoms with Gasteiger partial charge in [-0.2, -0.15) is 0 Å². The van der Waals surface area contributed by atoms with E-state index < -0.39 is 0 Å². The molecule has 118 valence electrons. The summed E-state index contributed by atoms with van der Waals surface area (Å²) in [5.41, 5.74) is 0. The summed E-state index contributed by atoms with van der Waals surface area (Å²) in [4.78, 5) is 16.2. The van der Waals surface area contributed by atoms with E-state index in [1.165, 1.54) is 0 Å². The van der Waals surface area contributed by atoms with Gasteiger partial charge in [0.25, 0.3) is 0 Å². The number of hydrogen-bond acceptors (Lipinski definition) is 5. The molecule has 0 spiro atoms. The van der Waals surface area contributed by atoms with Crippen LogP contribution in [0, 0.1) is 0 Å². The molecule has 5 nitrogen and oxygen atoms in total. The highest BCUT2D eigenvalue weighted by Crippen LogP contribution is 2.10. The molecule has 0 aromatic carbocycles. The number of ether oxygens (including phenoxy) is 2. The Bertz CT molecular complexity index is 284. The Morgan fingerprint density at radius 3 is 2.80 bits per heavy atom. The maximum Gasteiger partial charge on any atom is 0.320 e. The van der Waals surface area contributed by atoms with E-state index in [2.05, 4.69) is 30.6 Å². The predicted octanol–water partition coefficient (Wildman–Crippen LogP) is 1.37. The highest BCUT2D eigenvalue weighted by Gasteiger charge is 2.24. The minimum Gasteiger partial charge on any atom is -0.465 e. The van der Waals surface area contributed by atoms with Gasteiger partial charge in [-0.3, -0.25) is 14.6 Å². The summed E-state index contributed by atoms with van der Waals surface area (Å²) in [6, 6.07) is 0.547. The van der Waals surface area contributed by atoms with Crippen molar-refractivity contribution in [2.24, 2.45) is 0 Å². The molecular formula is C15H30N2O3. The van der Waals surface area contributed by atoms with Gasteiger partial charge in [0.15, 0.2) is 0 Å². The number of carbonyl (C=O) groups is 1. The molecule has 0 N–H and O–H groups in total. The Kier molecular flexibility index (Phi) is 8.11. The van der Waals surface area contributed by atoms with Crippen LogP contribution in [0.5, 0.6) is 0 Å². The number of carbonyl (C=O) groups excluding carboxylic acids is 1. The molecule has 0 radical (unpaired) electrons. The summed E-state index contributed by atoms with van der Waals surface area (Å²) in [5, 5.41) is 0. The summed E-state index contributed by atoms with van der Waals surface area (Å²) in [5.74, 6) is -0.141. The number of esters is 1. The summed E-state index contributed by atoms with van der Waals surface area (Å²) in [6.07, 6.45) is 1.21. The van der Waals surface area contributed by atoms with Crippen LogP contribution in [0.4, 0.5) is 0 Å². The van der Waals surface area contributed by atoms with Gasteiger partial charge < -0.3 is 9.47 Å². The second-order valence-corrected chi connectivity index (χ2v) is 5.62. The van der Waals surface area contributed by atoms with Crippen molar-refractivity contribution in [2.45, 2.75) is 46.3 Å². The van der Waals surface area contributed by atoms with Crippen LogP contribution >= 0.6 is 0 Å². The number of rotatable bonds is 8. The van der Waals surface area contributed by atoms with E-state index >= 15 is 0 Å². The van der Waals surface area contributed by atoms with E-state index in [1.807, 2.05) is 6.92 Å². The predicted molar refractivity (Wildman–Crippen MR) is 79.8 cm³/mol. The highest BCUT2D eigenvalue weighted by atomic mass is 16.5. The van der Waals surface area contributed by atoms with Crippen molar-refractivity contribution in [1.82, 2.24) is 9.80 Å². The third-order valence-corrected chi connectivity index (χ3v) is 3.56. The summed E-state index contributed by atoms with van der Waals surface area (Å²) in [6.45, 7) is 13.6. The molecule has 0 aliphatic carbocycles. The Balaban J connectivity index is 2.45. The first-order valence-corrected chi connectivity index (χ1v) is 7.80. The topological polar surface area (TPSA) is 42.0 Å². The SMILES string of the molecule is CCCN(CC(=O)OCC)CC1CN(C(C)C)CCO1. The van der Waals surface area contributed by atoms with Gasteiger partial charge in [0, 0.05) is 25.7 Å². The minimum atomic E-state index is -0.141. The Labute approximate surface area is 123 Å². The molecule has 1 aliphatic heterocycles. The van der Waals surface area contributed by atoms with Crippen LogP contribution in [0.1, 0.15) is 34.1 Å². The zero-order valence-corrected chi connectivity index (χ0v) is 13.4. The smallest absolute Gasteiger partial charge is 0.320 e. The van der Waals surface area contributed by atoms with E-state index in [1.54, 1.807) is 0 Å². The van der Waals surface area contributed by atoms with Crippen LogP contribution in [0.15, 0.2) is 0 Å².